The number of nitrogens with zero attached hydrogens (tertiary/aromatic N) is 5. The minimum Gasteiger partial charge on any atom is -0.351 e. The number of hydrogen-bond acceptors (Lipinski definition) is 5. The highest BCUT2D eigenvalue weighted by Gasteiger charge is 2.40. The number of halogens is 2. The monoisotopic (exact) mass is 409 g/mol. The molecule has 0 atom stereocenters. The fourth-order valence-electron chi connectivity index (χ4n) is 3.54. The maximum Gasteiger partial charge on any atom is 0.282 e. The van der Waals surface area contributed by atoms with E-state index in [1.807, 2.05) is 0 Å². The molecule has 7 nitrogen and oxygen atoms in total. The van der Waals surface area contributed by atoms with E-state index in [4.69, 9.17) is 0 Å². The van der Waals surface area contributed by atoms with Crippen molar-refractivity contribution in [1.82, 2.24) is 18.6 Å². The van der Waals surface area contributed by atoms with Gasteiger partial charge in [0.25, 0.3) is 10.2 Å². The van der Waals surface area contributed by atoms with Crippen molar-refractivity contribution in [1.29, 1.82) is 0 Å². The van der Waals surface area contributed by atoms with Crippen LogP contribution in [0.1, 0.15) is 12.8 Å². The predicted octanol–water partition coefficient (Wildman–Crippen LogP) is 1.88. The summed E-state index contributed by atoms with van der Waals surface area (Å²) in [5.74, 6) is -0.888. The van der Waals surface area contributed by atoms with Crippen molar-refractivity contribution in [2.75, 3.05) is 38.1 Å². The smallest absolute Gasteiger partial charge is 0.282 e. The first-order chi connectivity index (χ1) is 13.4. The van der Waals surface area contributed by atoms with Crippen LogP contribution in [0.15, 0.2) is 30.6 Å². The van der Waals surface area contributed by atoms with E-state index in [2.05, 4.69) is 9.97 Å². The molecule has 2 aromatic rings. The summed E-state index contributed by atoms with van der Waals surface area (Å²) < 4.78 is 56.2. The molecule has 0 amide bonds. The first-order valence-corrected chi connectivity index (χ1v) is 10.5. The third-order valence-electron chi connectivity index (χ3n) is 5.32. The van der Waals surface area contributed by atoms with Gasteiger partial charge in [-0.2, -0.15) is 17.0 Å². The molecular formula is C18H21F2N5O2S. The molecule has 2 aliphatic heterocycles. The third-order valence-corrected chi connectivity index (χ3v) is 7.36. The van der Waals surface area contributed by atoms with Crippen LogP contribution in [-0.2, 0) is 10.2 Å². The van der Waals surface area contributed by atoms with Gasteiger partial charge < -0.3 is 4.90 Å². The molecular weight excluding hydrogens is 388 g/mol. The fourth-order valence-corrected chi connectivity index (χ4v) is 5.13. The maximum absolute atomic E-state index is 14.9. The van der Waals surface area contributed by atoms with Gasteiger partial charge >= 0.3 is 0 Å². The molecule has 2 saturated heterocycles. The quantitative estimate of drug-likeness (QED) is 0.754. The van der Waals surface area contributed by atoms with Crippen molar-refractivity contribution in [3.05, 3.63) is 42.2 Å². The van der Waals surface area contributed by atoms with E-state index in [9.17, 15) is 17.2 Å². The molecule has 0 saturated carbocycles. The molecule has 2 aliphatic rings. The first kappa shape index (κ1) is 19.2. The van der Waals surface area contributed by atoms with Gasteiger partial charge in [0.2, 0.25) is 0 Å². The molecule has 28 heavy (non-hydrogen) atoms. The predicted molar refractivity (Wildman–Crippen MR) is 101 cm³/mol. The number of rotatable bonds is 5. The summed E-state index contributed by atoms with van der Waals surface area (Å²) in [5.41, 5.74) is 0.542. The first-order valence-electron chi connectivity index (χ1n) is 9.12. The van der Waals surface area contributed by atoms with Crippen molar-refractivity contribution in [3.8, 4) is 11.3 Å². The molecule has 10 heteroatoms. The maximum atomic E-state index is 14.9. The van der Waals surface area contributed by atoms with Gasteiger partial charge in [-0.3, -0.25) is 0 Å². The molecule has 0 spiro atoms. The van der Waals surface area contributed by atoms with E-state index in [1.54, 1.807) is 11.9 Å². The Bertz CT molecular complexity index is 958. The molecule has 2 fully saturated rings. The lowest BCUT2D eigenvalue weighted by Gasteiger charge is -2.44. The molecule has 3 heterocycles. The van der Waals surface area contributed by atoms with Crippen molar-refractivity contribution < 1.29 is 17.2 Å². The van der Waals surface area contributed by atoms with E-state index < -0.39 is 21.8 Å². The summed E-state index contributed by atoms with van der Waals surface area (Å²) in [7, 11) is -1.93. The number of benzene rings is 1. The van der Waals surface area contributed by atoms with Gasteiger partial charge in [0.1, 0.15) is 17.8 Å². The van der Waals surface area contributed by atoms with E-state index >= 15 is 0 Å². The SMILES string of the molecule is CN(C1CN(c2ncnc(-c3ccc(F)cc3)c2F)C1)S(=O)(=O)N1CCCC1. The minimum atomic E-state index is -3.49. The van der Waals surface area contributed by atoms with Gasteiger partial charge in [0.15, 0.2) is 11.6 Å². The van der Waals surface area contributed by atoms with Crippen LogP contribution in [0.2, 0.25) is 0 Å². The second-order valence-electron chi connectivity index (χ2n) is 7.06. The zero-order chi connectivity index (χ0) is 19.9. The van der Waals surface area contributed by atoms with Crippen molar-refractivity contribution >= 4 is 16.0 Å². The van der Waals surface area contributed by atoms with E-state index in [-0.39, 0.29) is 17.6 Å². The van der Waals surface area contributed by atoms with Crippen LogP contribution in [-0.4, -0.2) is 66.3 Å². The Kier molecular flexibility index (Phi) is 5.02. The average Bonchev–Trinajstić information content (AvgIpc) is 3.18. The summed E-state index contributed by atoms with van der Waals surface area (Å²) in [6.07, 6.45) is 3.01. The molecule has 1 aromatic heterocycles. The highest BCUT2D eigenvalue weighted by Crippen LogP contribution is 2.30. The summed E-state index contributed by atoms with van der Waals surface area (Å²) in [5, 5.41) is 0. The van der Waals surface area contributed by atoms with Crippen molar-refractivity contribution in [3.63, 3.8) is 0 Å². The number of anilines is 1. The van der Waals surface area contributed by atoms with Gasteiger partial charge in [-0.15, -0.1) is 0 Å². The molecule has 0 bridgehead atoms. The Balaban J connectivity index is 1.49. The van der Waals surface area contributed by atoms with Crippen LogP contribution in [0.5, 0.6) is 0 Å². The molecule has 0 aliphatic carbocycles. The zero-order valence-corrected chi connectivity index (χ0v) is 16.2. The van der Waals surface area contributed by atoms with Crippen molar-refractivity contribution in [2.45, 2.75) is 18.9 Å². The molecule has 4 rings (SSSR count). The van der Waals surface area contributed by atoms with Crippen LogP contribution >= 0.6 is 0 Å². The Morgan fingerprint density at radius 2 is 1.71 bits per heavy atom. The number of hydrogen-bond donors (Lipinski definition) is 0. The zero-order valence-electron chi connectivity index (χ0n) is 15.4. The van der Waals surface area contributed by atoms with Crippen LogP contribution < -0.4 is 4.90 Å². The number of aromatic nitrogens is 2. The topological polar surface area (TPSA) is 69.6 Å². The normalized spacial score (nSPS) is 18.6. The van der Waals surface area contributed by atoms with Gasteiger partial charge in [-0.25, -0.2) is 18.7 Å². The Morgan fingerprint density at radius 3 is 2.36 bits per heavy atom. The lowest BCUT2D eigenvalue weighted by atomic mass is 10.1. The van der Waals surface area contributed by atoms with Crippen LogP contribution in [0.4, 0.5) is 14.6 Å². The molecule has 0 radical (unpaired) electrons. The second-order valence-corrected chi connectivity index (χ2v) is 9.04. The molecule has 0 N–H and O–H groups in total. The van der Waals surface area contributed by atoms with E-state index in [0.717, 1.165) is 12.8 Å². The Morgan fingerprint density at radius 1 is 1.07 bits per heavy atom. The minimum absolute atomic E-state index is 0.0893. The average molecular weight is 409 g/mol. The lowest BCUT2D eigenvalue weighted by molar-refractivity contribution is 0.286. The molecule has 0 unspecified atom stereocenters. The van der Waals surface area contributed by atoms with Crippen LogP contribution in [0.3, 0.4) is 0 Å². The highest BCUT2D eigenvalue weighted by molar-refractivity contribution is 7.86. The Labute approximate surface area is 162 Å². The standard InChI is InChI=1S/C18H21F2N5O2S/c1-23(28(26,27)25-8-2-3-9-25)15-10-24(11-15)18-16(20)17(21-12-22-18)13-4-6-14(19)7-5-13/h4-7,12,15H,2-3,8-11H2,1H3. The van der Waals surface area contributed by atoms with Crippen LogP contribution in [0, 0.1) is 11.6 Å². The van der Waals surface area contributed by atoms with E-state index in [1.165, 1.54) is 39.2 Å². The summed E-state index contributed by atoms with van der Waals surface area (Å²) in [6.45, 7) is 1.79. The van der Waals surface area contributed by atoms with Crippen LogP contribution in [0.25, 0.3) is 11.3 Å². The second kappa shape index (κ2) is 7.34. The van der Waals surface area contributed by atoms with E-state index in [0.29, 0.717) is 31.7 Å². The van der Waals surface area contributed by atoms with Gasteiger partial charge in [-0.1, -0.05) is 0 Å². The Hall–Kier alpha value is -2.17. The van der Waals surface area contributed by atoms with Gasteiger partial charge in [-0.05, 0) is 37.1 Å². The molecule has 1 aromatic carbocycles. The third kappa shape index (κ3) is 3.36. The fraction of sp³-hybridized carbons (Fsp3) is 0.444. The number of likely N-dealkylation sites (N-methyl/N-ethyl adjacent to an activating group) is 1. The molecule has 150 valence electrons. The van der Waals surface area contributed by atoms with Crippen molar-refractivity contribution in [2.24, 2.45) is 0 Å². The summed E-state index contributed by atoms with van der Waals surface area (Å²) in [4.78, 5) is 9.69. The van der Waals surface area contributed by atoms with Gasteiger partial charge in [0, 0.05) is 38.8 Å². The lowest BCUT2D eigenvalue weighted by Crippen LogP contribution is -2.62. The van der Waals surface area contributed by atoms with Gasteiger partial charge in [0.05, 0.1) is 6.04 Å². The highest BCUT2D eigenvalue weighted by atomic mass is 32.2. The summed E-state index contributed by atoms with van der Waals surface area (Å²) >= 11 is 0. The summed E-state index contributed by atoms with van der Waals surface area (Å²) in [6, 6.07) is 5.16. The largest absolute Gasteiger partial charge is 0.351 e.